The summed E-state index contributed by atoms with van der Waals surface area (Å²) in [5.74, 6) is -2.00. The van der Waals surface area contributed by atoms with Crippen LogP contribution < -0.4 is 0 Å². The first-order valence-electron chi connectivity index (χ1n) is 4.60. The highest BCUT2D eigenvalue weighted by atomic mass is 19.1. The summed E-state index contributed by atoms with van der Waals surface area (Å²) >= 11 is 0. The Labute approximate surface area is 91.9 Å². The van der Waals surface area contributed by atoms with E-state index < -0.39 is 17.5 Å². The van der Waals surface area contributed by atoms with Crippen LogP contribution in [0, 0.1) is 23.0 Å². The Balaban J connectivity index is 2.82. The zero-order valence-electron chi connectivity index (χ0n) is 8.70. The lowest BCUT2D eigenvalue weighted by Gasteiger charge is -2.13. The van der Waals surface area contributed by atoms with Crippen LogP contribution in [0.15, 0.2) is 18.2 Å². The first-order chi connectivity index (χ1) is 7.56. The maximum absolute atomic E-state index is 13.2. The monoisotopic (exact) mass is 224 g/mol. The maximum atomic E-state index is 13.2. The fourth-order valence-electron chi connectivity index (χ4n) is 1.18. The third kappa shape index (κ3) is 2.76. The van der Waals surface area contributed by atoms with Gasteiger partial charge in [-0.3, -0.25) is 4.79 Å². The van der Waals surface area contributed by atoms with E-state index in [0.29, 0.717) is 0 Å². The second kappa shape index (κ2) is 5.21. The predicted octanol–water partition coefficient (Wildman–Crippen LogP) is 1.49. The average Bonchev–Trinajstić information content (AvgIpc) is 2.23. The van der Waals surface area contributed by atoms with E-state index in [2.05, 4.69) is 0 Å². The molecule has 1 aromatic rings. The van der Waals surface area contributed by atoms with Crippen LogP contribution in [0.4, 0.5) is 8.78 Å². The van der Waals surface area contributed by atoms with Crippen molar-refractivity contribution in [2.75, 3.05) is 13.6 Å². The largest absolute Gasteiger partial charge is 0.332 e. The fourth-order valence-corrected chi connectivity index (χ4v) is 1.18. The van der Waals surface area contributed by atoms with Gasteiger partial charge in [0, 0.05) is 12.6 Å². The van der Waals surface area contributed by atoms with Crippen molar-refractivity contribution in [2.45, 2.75) is 6.42 Å². The zero-order valence-corrected chi connectivity index (χ0v) is 8.70. The van der Waals surface area contributed by atoms with Crippen molar-refractivity contribution in [1.82, 2.24) is 4.90 Å². The molecule has 0 N–H and O–H groups in total. The molecule has 3 nitrogen and oxygen atoms in total. The Bertz CT molecular complexity index is 420. The summed E-state index contributed by atoms with van der Waals surface area (Å²) in [6, 6.07) is 5.20. The van der Waals surface area contributed by atoms with E-state index in [1.807, 2.05) is 0 Å². The van der Waals surface area contributed by atoms with E-state index >= 15 is 0 Å². The summed E-state index contributed by atoms with van der Waals surface area (Å²) in [5, 5.41) is 8.37. The molecular formula is C11H10F2N2O. The Morgan fingerprint density at radius 2 is 2.00 bits per heavy atom. The first-order valence-corrected chi connectivity index (χ1v) is 4.60. The van der Waals surface area contributed by atoms with Gasteiger partial charge in [-0.2, -0.15) is 5.26 Å². The number of benzene rings is 1. The molecule has 0 atom stereocenters. The van der Waals surface area contributed by atoms with Gasteiger partial charge in [0.2, 0.25) is 5.91 Å². The number of nitriles is 1. The van der Waals surface area contributed by atoms with E-state index in [-0.39, 0.29) is 18.5 Å². The van der Waals surface area contributed by atoms with Gasteiger partial charge in [0.1, 0.15) is 18.2 Å². The van der Waals surface area contributed by atoms with Gasteiger partial charge < -0.3 is 4.90 Å². The second-order valence-corrected chi connectivity index (χ2v) is 3.28. The quantitative estimate of drug-likeness (QED) is 0.730. The Morgan fingerprint density at radius 3 is 2.50 bits per heavy atom. The molecule has 0 heterocycles. The molecule has 0 unspecified atom stereocenters. The van der Waals surface area contributed by atoms with E-state index in [1.54, 1.807) is 6.07 Å². The molecule has 0 saturated heterocycles. The summed E-state index contributed by atoms with van der Waals surface area (Å²) in [6.07, 6.45) is -0.378. The molecule has 0 aliphatic rings. The number of nitrogens with zero attached hydrogens (tertiary/aromatic N) is 2. The third-order valence-corrected chi connectivity index (χ3v) is 2.12. The van der Waals surface area contributed by atoms with Gasteiger partial charge in [-0.1, -0.05) is 6.07 Å². The maximum Gasteiger partial charge on any atom is 0.227 e. The number of hydrogen-bond acceptors (Lipinski definition) is 2. The molecule has 5 heteroatoms. The molecule has 0 radical (unpaired) electrons. The molecule has 1 aromatic carbocycles. The van der Waals surface area contributed by atoms with Gasteiger partial charge in [-0.15, -0.1) is 0 Å². The van der Waals surface area contributed by atoms with Crippen LogP contribution in [0.2, 0.25) is 0 Å². The Morgan fingerprint density at radius 1 is 1.44 bits per heavy atom. The van der Waals surface area contributed by atoms with Gasteiger partial charge in [0.05, 0.1) is 12.5 Å². The van der Waals surface area contributed by atoms with Crippen molar-refractivity contribution in [3.05, 3.63) is 35.4 Å². The number of hydrogen-bond donors (Lipinski definition) is 0. The molecule has 0 bridgehead atoms. The molecule has 0 aromatic heterocycles. The summed E-state index contributed by atoms with van der Waals surface area (Å²) in [7, 11) is 1.41. The zero-order chi connectivity index (χ0) is 12.1. The molecule has 16 heavy (non-hydrogen) atoms. The smallest absolute Gasteiger partial charge is 0.227 e. The van der Waals surface area contributed by atoms with Crippen LogP contribution in [0.1, 0.15) is 5.56 Å². The second-order valence-electron chi connectivity index (χ2n) is 3.28. The topological polar surface area (TPSA) is 44.1 Å². The van der Waals surface area contributed by atoms with E-state index in [0.717, 1.165) is 17.0 Å². The summed E-state index contributed by atoms with van der Waals surface area (Å²) in [5.41, 5.74) is -0.266. The lowest BCUT2D eigenvalue weighted by molar-refractivity contribution is -0.128. The molecule has 84 valence electrons. The van der Waals surface area contributed by atoms with Crippen LogP contribution in [0.5, 0.6) is 0 Å². The SMILES string of the molecule is CN(CC#N)C(=O)Cc1c(F)cccc1F. The standard InChI is InChI=1S/C11H10F2N2O/c1-15(6-5-14)11(16)7-8-9(12)3-2-4-10(8)13/h2-4H,6-7H2,1H3. The van der Waals surface area contributed by atoms with E-state index in [9.17, 15) is 13.6 Å². The highest BCUT2D eigenvalue weighted by Gasteiger charge is 2.15. The van der Waals surface area contributed by atoms with Crippen LogP contribution in [-0.2, 0) is 11.2 Å². The molecule has 0 saturated carbocycles. The summed E-state index contributed by atoms with van der Waals surface area (Å²) in [6.45, 7) is -0.102. The Kier molecular flexibility index (Phi) is 3.95. The third-order valence-electron chi connectivity index (χ3n) is 2.12. The molecule has 1 amide bonds. The molecule has 0 spiro atoms. The minimum Gasteiger partial charge on any atom is -0.332 e. The molecular weight excluding hydrogens is 214 g/mol. The molecule has 0 aliphatic heterocycles. The lowest BCUT2D eigenvalue weighted by atomic mass is 10.1. The van der Waals surface area contributed by atoms with Crippen LogP contribution in [0.25, 0.3) is 0 Å². The fraction of sp³-hybridized carbons (Fsp3) is 0.273. The molecule has 0 fully saturated rings. The van der Waals surface area contributed by atoms with Gasteiger partial charge in [0.25, 0.3) is 0 Å². The van der Waals surface area contributed by atoms with Gasteiger partial charge in [-0.05, 0) is 12.1 Å². The highest BCUT2D eigenvalue weighted by Crippen LogP contribution is 2.13. The number of amides is 1. The van der Waals surface area contributed by atoms with E-state index in [1.165, 1.54) is 13.1 Å². The number of rotatable bonds is 3. The lowest BCUT2D eigenvalue weighted by Crippen LogP contribution is -2.29. The number of likely N-dealkylation sites (N-methyl/N-ethyl adjacent to an activating group) is 1. The van der Waals surface area contributed by atoms with Crippen LogP contribution in [0.3, 0.4) is 0 Å². The summed E-state index contributed by atoms with van der Waals surface area (Å²) in [4.78, 5) is 12.6. The normalized spacial score (nSPS) is 9.62. The average molecular weight is 224 g/mol. The number of halogens is 2. The van der Waals surface area contributed by atoms with Gasteiger partial charge >= 0.3 is 0 Å². The Hall–Kier alpha value is -1.96. The number of carbonyl (C=O) groups is 1. The molecule has 0 aliphatic carbocycles. The summed E-state index contributed by atoms with van der Waals surface area (Å²) < 4.78 is 26.4. The first kappa shape index (κ1) is 12.1. The van der Waals surface area contributed by atoms with E-state index in [4.69, 9.17) is 5.26 Å². The van der Waals surface area contributed by atoms with Crippen molar-refractivity contribution in [2.24, 2.45) is 0 Å². The van der Waals surface area contributed by atoms with Crippen molar-refractivity contribution in [3.63, 3.8) is 0 Å². The van der Waals surface area contributed by atoms with Crippen LogP contribution >= 0.6 is 0 Å². The van der Waals surface area contributed by atoms with Gasteiger partial charge in [-0.25, -0.2) is 8.78 Å². The van der Waals surface area contributed by atoms with Crippen molar-refractivity contribution >= 4 is 5.91 Å². The van der Waals surface area contributed by atoms with Crippen molar-refractivity contribution in [3.8, 4) is 6.07 Å². The molecule has 1 rings (SSSR count). The predicted molar refractivity (Wildman–Crippen MR) is 53.3 cm³/mol. The van der Waals surface area contributed by atoms with Crippen molar-refractivity contribution in [1.29, 1.82) is 5.26 Å². The number of carbonyl (C=O) groups excluding carboxylic acids is 1. The van der Waals surface area contributed by atoms with Crippen LogP contribution in [-0.4, -0.2) is 24.4 Å². The van der Waals surface area contributed by atoms with Crippen molar-refractivity contribution < 1.29 is 13.6 Å². The highest BCUT2D eigenvalue weighted by molar-refractivity contribution is 5.78. The minimum atomic E-state index is -0.751. The minimum absolute atomic E-state index is 0.102. The van der Waals surface area contributed by atoms with Gasteiger partial charge in [0.15, 0.2) is 0 Å².